The molecule has 0 aliphatic rings. The lowest BCUT2D eigenvalue weighted by Crippen LogP contribution is -2.11. The van der Waals surface area contributed by atoms with E-state index in [9.17, 15) is 0 Å². The number of aromatic nitrogens is 1. The Balaban J connectivity index is 1.92. The number of hydrogen-bond donors (Lipinski definition) is 0. The fourth-order valence-electron chi connectivity index (χ4n) is 4.94. The molecule has 0 amide bonds. The predicted molar refractivity (Wildman–Crippen MR) is 140 cm³/mol. The SMILES string of the molecule is CCCCCCCC(CCCCCCC)n1c(-c2ccccc2)cc2cc(OC)ccc21. The molecule has 0 aliphatic heterocycles. The molecule has 2 heteroatoms. The van der Waals surface area contributed by atoms with Gasteiger partial charge in [0.05, 0.1) is 7.11 Å². The van der Waals surface area contributed by atoms with Crippen molar-refractivity contribution in [2.45, 2.75) is 96.9 Å². The number of fused-ring (bicyclic) bond motifs is 1. The van der Waals surface area contributed by atoms with E-state index in [2.05, 4.69) is 73.0 Å². The van der Waals surface area contributed by atoms with Gasteiger partial charge < -0.3 is 9.30 Å². The smallest absolute Gasteiger partial charge is 0.119 e. The van der Waals surface area contributed by atoms with Gasteiger partial charge in [-0.3, -0.25) is 0 Å². The molecule has 0 saturated heterocycles. The lowest BCUT2D eigenvalue weighted by atomic mass is 9.99. The molecule has 0 aliphatic carbocycles. The molecule has 3 rings (SSSR count). The van der Waals surface area contributed by atoms with E-state index in [-0.39, 0.29) is 0 Å². The van der Waals surface area contributed by atoms with Gasteiger partial charge in [-0.1, -0.05) is 108 Å². The summed E-state index contributed by atoms with van der Waals surface area (Å²) in [5, 5.41) is 1.28. The predicted octanol–water partition coefficient (Wildman–Crippen LogP) is 9.58. The van der Waals surface area contributed by atoms with Crippen LogP contribution in [0.4, 0.5) is 0 Å². The van der Waals surface area contributed by atoms with Gasteiger partial charge in [0.15, 0.2) is 0 Å². The van der Waals surface area contributed by atoms with Crippen LogP contribution in [0.2, 0.25) is 0 Å². The maximum Gasteiger partial charge on any atom is 0.119 e. The number of ether oxygens (including phenoxy) is 1. The third-order valence-electron chi connectivity index (χ3n) is 6.76. The van der Waals surface area contributed by atoms with E-state index in [0.29, 0.717) is 6.04 Å². The molecule has 0 saturated carbocycles. The second-order valence-electron chi connectivity index (χ2n) is 9.25. The lowest BCUT2D eigenvalue weighted by Gasteiger charge is -2.24. The molecule has 2 aromatic carbocycles. The first-order chi connectivity index (χ1) is 15.8. The van der Waals surface area contributed by atoms with Crippen LogP contribution in [0.3, 0.4) is 0 Å². The topological polar surface area (TPSA) is 14.2 Å². The van der Waals surface area contributed by atoms with Crippen molar-refractivity contribution in [2.24, 2.45) is 0 Å². The van der Waals surface area contributed by atoms with Gasteiger partial charge in [-0.25, -0.2) is 0 Å². The van der Waals surface area contributed by atoms with Gasteiger partial charge in [0.2, 0.25) is 0 Å². The zero-order valence-corrected chi connectivity index (χ0v) is 20.6. The molecule has 0 bridgehead atoms. The molecule has 0 N–H and O–H groups in total. The summed E-state index contributed by atoms with van der Waals surface area (Å²) < 4.78 is 8.19. The average Bonchev–Trinajstić information content (AvgIpc) is 3.21. The van der Waals surface area contributed by atoms with Crippen LogP contribution in [0.1, 0.15) is 96.9 Å². The van der Waals surface area contributed by atoms with Crippen molar-refractivity contribution in [3.05, 3.63) is 54.6 Å². The van der Waals surface area contributed by atoms with Gasteiger partial charge in [-0.15, -0.1) is 0 Å². The fourth-order valence-corrected chi connectivity index (χ4v) is 4.94. The van der Waals surface area contributed by atoms with Gasteiger partial charge in [0, 0.05) is 22.6 Å². The number of methoxy groups -OCH3 is 1. The monoisotopic (exact) mass is 433 g/mol. The fraction of sp³-hybridized carbons (Fsp3) is 0.533. The standard InChI is InChI=1S/C30H43NO/c1-4-6-8-10-15-19-27(20-16-11-9-7-5-2)31-29-22-21-28(32-3)23-26(29)24-30(31)25-17-13-12-14-18-25/h12-14,17-18,21-24,27H,4-11,15-16,19-20H2,1-3H3. The van der Waals surface area contributed by atoms with Gasteiger partial charge in [-0.05, 0) is 42.7 Å². The van der Waals surface area contributed by atoms with Crippen molar-refractivity contribution < 1.29 is 4.74 Å². The second kappa shape index (κ2) is 13.4. The Hall–Kier alpha value is -2.22. The Bertz CT molecular complexity index is 897. The van der Waals surface area contributed by atoms with Gasteiger partial charge >= 0.3 is 0 Å². The number of rotatable bonds is 15. The van der Waals surface area contributed by atoms with Crippen LogP contribution < -0.4 is 4.74 Å². The Morgan fingerprint density at radius 1 is 0.719 bits per heavy atom. The lowest BCUT2D eigenvalue weighted by molar-refractivity contribution is 0.405. The van der Waals surface area contributed by atoms with Crippen molar-refractivity contribution in [3.8, 4) is 17.0 Å². The normalized spacial score (nSPS) is 11.5. The molecule has 32 heavy (non-hydrogen) atoms. The highest BCUT2D eigenvalue weighted by Crippen LogP contribution is 2.37. The molecule has 1 heterocycles. The van der Waals surface area contributed by atoms with Crippen LogP contribution in [0.15, 0.2) is 54.6 Å². The maximum atomic E-state index is 5.53. The summed E-state index contributed by atoms with van der Waals surface area (Å²) in [6, 6.07) is 20.4. The summed E-state index contributed by atoms with van der Waals surface area (Å²) in [7, 11) is 1.76. The minimum absolute atomic E-state index is 0.555. The van der Waals surface area contributed by atoms with Gasteiger partial charge in [-0.2, -0.15) is 0 Å². The van der Waals surface area contributed by atoms with Crippen LogP contribution in [0.5, 0.6) is 5.75 Å². The summed E-state index contributed by atoms with van der Waals surface area (Å²) in [4.78, 5) is 0. The molecule has 0 fully saturated rings. The second-order valence-corrected chi connectivity index (χ2v) is 9.25. The molecule has 174 valence electrons. The quantitative estimate of drug-likeness (QED) is 0.218. The zero-order valence-electron chi connectivity index (χ0n) is 20.6. The Labute approximate surface area is 196 Å². The molecule has 0 radical (unpaired) electrons. The highest BCUT2D eigenvalue weighted by molar-refractivity contribution is 5.88. The summed E-state index contributed by atoms with van der Waals surface area (Å²) in [5.74, 6) is 0.935. The number of hydrogen-bond acceptors (Lipinski definition) is 1. The molecule has 2 nitrogen and oxygen atoms in total. The Kier molecular flexibility index (Phi) is 10.2. The molecular formula is C30H43NO. The number of unbranched alkanes of at least 4 members (excludes halogenated alkanes) is 8. The molecule has 3 aromatic rings. The van der Waals surface area contributed by atoms with E-state index >= 15 is 0 Å². The van der Waals surface area contributed by atoms with E-state index in [0.717, 1.165) is 5.75 Å². The average molecular weight is 434 g/mol. The molecular weight excluding hydrogens is 390 g/mol. The molecule has 0 atom stereocenters. The van der Waals surface area contributed by atoms with E-state index in [4.69, 9.17) is 4.74 Å². The van der Waals surface area contributed by atoms with Crippen LogP contribution >= 0.6 is 0 Å². The largest absolute Gasteiger partial charge is 0.497 e. The zero-order chi connectivity index (χ0) is 22.6. The summed E-state index contributed by atoms with van der Waals surface area (Å²) in [5.41, 5.74) is 4.00. The Morgan fingerprint density at radius 3 is 1.94 bits per heavy atom. The van der Waals surface area contributed by atoms with E-state index in [1.165, 1.54) is 99.2 Å². The maximum absolute atomic E-state index is 5.53. The van der Waals surface area contributed by atoms with E-state index < -0.39 is 0 Å². The van der Waals surface area contributed by atoms with Crippen LogP contribution in [-0.4, -0.2) is 11.7 Å². The molecule has 0 spiro atoms. The van der Waals surface area contributed by atoms with Crippen LogP contribution in [-0.2, 0) is 0 Å². The number of benzene rings is 2. The first-order valence-corrected chi connectivity index (χ1v) is 13.0. The molecule has 0 unspecified atom stereocenters. The third kappa shape index (κ3) is 6.64. The third-order valence-corrected chi connectivity index (χ3v) is 6.76. The van der Waals surface area contributed by atoms with Gasteiger partial charge in [0.1, 0.15) is 5.75 Å². The van der Waals surface area contributed by atoms with Crippen LogP contribution in [0.25, 0.3) is 22.2 Å². The Morgan fingerprint density at radius 2 is 1.34 bits per heavy atom. The minimum Gasteiger partial charge on any atom is -0.497 e. The van der Waals surface area contributed by atoms with Crippen molar-refractivity contribution in [1.29, 1.82) is 0 Å². The highest BCUT2D eigenvalue weighted by atomic mass is 16.5. The summed E-state index contributed by atoms with van der Waals surface area (Å²) in [6.45, 7) is 4.59. The summed E-state index contributed by atoms with van der Waals surface area (Å²) in [6.07, 6.45) is 16.0. The summed E-state index contributed by atoms with van der Waals surface area (Å²) >= 11 is 0. The van der Waals surface area contributed by atoms with Crippen molar-refractivity contribution >= 4 is 10.9 Å². The molecule has 1 aromatic heterocycles. The van der Waals surface area contributed by atoms with Crippen molar-refractivity contribution in [1.82, 2.24) is 4.57 Å². The highest BCUT2D eigenvalue weighted by Gasteiger charge is 2.19. The van der Waals surface area contributed by atoms with Gasteiger partial charge in [0.25, 0.3) is 0 Å². The van der Waals surface area contributed by atoms with Crippen molar-refractivity contribution in [2.75, 3.05) is 7.11 Å². The van der Waals surface area contributed by atoms with E-state index in [1.807, 2.05) is 0 Å². The minimum atomic E-state index is 0.555. The number of nitrogens with zero attached hydrogens (tertiary/aromatic N) is 1. The first kappa shape index (κ1) is 24.4. The first-order valence-electron chi connectivity index (χ1n) is 13.0. The van der Waals surface area contributed by atoms with E-state index in [1.54, 1.807) is 7.11 Å². The van der Waals surface area contributed by atoms with Crippen LogP contribution in [0, 0.1) is 0 Å². The van der Waals surface area contributed by atoms with Crippen molar-refractivity contribution in [3.63, 3.8) is 0 Å².